The Labute approximate surface area is 119 Å². The van der Waals surface area contributed by atoms with Gasteiger partial charge in [0.1, 0.15) is 0 Å². The van der Waals surface area contributed by atoms with Crippen molar-refractivity contribution in [3.05, 3.63) is 58.7 Å². The van der Waals surface area contributed by atoms with E-state index in [0.29, 0.717) is 16.7 Å². The fourth-order valence-electron chi connectivity index (χ4n) is 2.44. The maximum Gasteiger partial charge on any atom is 0.417 e. The molecule has 2 nitrogen and oxygen atoms in total. The van der Waals surface area contributed by atoms with Crippen LogP contribution in [0, 0.1) is 13.8 Å². The molecule has 0 aromatic heterocycles. The molecule has 0 atom stereocenters. The molecule has 2 rings (SSSR count). The first-order valence-corrected chi connectivity index (χ1v) is 6.23. The van der Waals surface area contributed by atoms with Crippen LogP contribution < -0.4 is 0 Å². The molecular formula is C16H13F3O2. The predicted octanol–water partition coefficient (Wildman–Crippen LogP) is 4.69. The van der Waals surface area contributed by atoms with Crippen LogP contribution in [0.1, 0.15) is 27.0 Å². The number of carbonyl (C=O) groups is 1. The first-order chi connectivity index (χ1) is 9.71. The molecule has 0 radical (unpaired) electrons. The van der Waals surface area contributed by atoms with Crippen LogP contribution in [-0.4, -0.2) is 11.1 Å². The van der Waals surface area contributed by atoms with Crippen LogP contribution in [0.15, 0.2) is 36.4 Å². The summed E-state index contributed by atoms with van der Waals surface area (Å²) in [5.41, 5.74) is 0.690. The van der Waals surface area contributed by atoms with E-state index in [1.807, 2.05) is 0 Å². The molecule has 0 saturated heterocycles. The van der Waals surface area contributed by atoms with Crippen molar-refractivity contribution in [2.45, 2.75) is 20.0 Å². The lowest BCUT2D eigenvalue weighted by Crippen LogP contribution is -2.08. The Morgan fingerprint density at radius 2 is 1.57 bits per heavy atom. The topological polar surface area (TPSA) is 37.3 Å². The minimum Gasteiger partial charge on any atom is -0.478 e. The standard InChI is InChI=1S/C16H13F3O2/c1-9-7-11(8-10(2)14(9)15(20)21)12-5-3-4-6-13(12)16(17,18)19/h3-8H,1-2H3,(H,20,21). The smallest absolute Gasteiger partial charge is 0.417 e. The van der Waals surface area contributed by atoms with Gasteiger partial charge in [-0.1, -0.05) is 30.3 Å². The number of hydrogen-bond donors (Lipinski definition) is 1. The highest BCUT2D eigenvalue weighted by Gasteiger charge is 2.33. The monoisotopic (exact) mass is 294 g/mol. The maximum absolute atomic E-state index is 13.0. The summed E-state index contributed by atoms with van der Waals surface area (Å²) >= 11 is 0. The average molecular weight is 294 g/mol. The zero-order valence-electron chi connectivity index (χ0n) is 11.5. The van der Waals surface area contributed by atoms with Crippen molar-refractivity contribution < 1.29 is 23.1 Å². The van der Waals surface area contributed by atoms with Gasteiger partial charge in [-0.2, -0.15) is 13.2 Å². The van der Waals surface area contributed by atoms with Gasteiger partial charge in [-0.25, -0.2) is 4.79 Å². The zero-order valence-corrected chi connectivity index (χ0v) is 11.5. The van der Waals surface area contributed by atoms with Crippen molar-refractivity contribution in [3.63, 3.8) is 0 Å². The fraction of sp³-hybridized carbons (Fsp3) is 0.188. The van der Waals surface area contributed by atoms with Crippen molar-refractivity contribution >= 4 is 5.97 Å². The summed E-state index contributed by atoms with van der Waals surface area (Å²) in [7, 11) is 0. The molecule has 0 fully saturated rings. The molecule has 1 N–H and O–H groups in total. The number of halogens is 3. The van der Waals surface area contributed by atoms with Crippen LogP contribution in [0.4, 0.5) is 13.2 Å². The molecule has 0 aliphatic rings. The second-order valence-corrected chi connectivity index (χ2v) is 4.83. The molecule has 0 heterocycles. The SMILES string of the molecule is Cc1cc(-c2ccccc2C(F)(F)F)cc(C)c1C(=O)O. The fourth-order valence-corrected chi connectivity index (χ4v) is 2.44. The Hall–Kier alpha value is -2.30. The molecule has 2 aromatic rings. The number of hydrogen-bond acceptors (Lipinski definition) is 1. The minimum atomic E-state index is -4.45. The molecule has 21 heavy (non-hydrogen) atoms. The maximum atomic E-state index is 13.0. The van der Waals surface area contributed by atoms with Crippen LogP contribution in [0.5, 0.6) is 0 Å². The number of rotatable bonds is 2. The largest absolute Gasteiger partial charge is 0.478 e. The van der Waals surface area contributed by atoms with Gasteiger partial charge in [-0.05, 0) is 42.2 Å². The molecule has 5 heteroatoms. The number of carboxylic acid groups (broad SMARTS) is 1. The van der Waals surface area contributed by atoms with Gasteiger partial charge < -0.3 is 5.11 Å². The predicted molar refractivity (Wildman–Crippen MR) is 73.3 cm³/mol. The van der Waals surface area contributed by atoms with E-state index >= 15 is 0 Å². The molecule has 110 valence electrons. The van der Waals surface area contributed by atoms with Crippen LogP contribution in [0.25, 0.3) is 11.1 Å². The summed E-state index contributed by atoms with van der Waals surface area (Å²) in [6, 6.07) is 8.21. The number of carboxylic acids is 1. The summed E-state index contributed by atoms with van der Waals surface area (Å²) in [6.45, 7) is 3.16. The normalized spacial score (nSPS) is 11.5. The number of alkyl halides is 3. The molecule has 2 aromatic carbocycles. The van der Waals surface area contributed by atoms with Gasteiger partial charge in [0.15, 0.2) is 0 Å². The summed E-state index contributed by atoms with van der Waals surface area (Å²) in [5, 5.41) is 9.11. The second-order valence-electron chi connectivity index (χ2n) is 4.83. The van der Waals surface area contributed by atoms with E-state index in [0.717, 1.165) is 6.07 Å². The van der Waals surface area contributed by atoms with Crippen molar-refractivity contribution in [2.24, 2.45) is 0 Å². The third kappa shape index (κ3) is 2.91. The van der Waals surface area contributed by atoms with Crippen molar-refractivity contribution in [1.82, 2.24) is 0 Å². The third-order valence-corrected chi connectivity index (χ3v) is 3.29. The second kappa shape index (κ2) is 5.24. The van der Waals surface area contributed by atoms with E-state index in [9.17, 15) is 18.0 Å². The van der Waals surface area contributed by atoms with E-state index in [2.05, 4.69) is 0 Å². The van der Waals surface area contributed by atoms with Gasteiger partial charge in [0, 0.05) is 0 Å². The summed E-state index contributed by atoms with van der Waals surface area (Å²) < 4.78 is 39.1. The molecule has 0 amide bonds. The number of aromatic carboxylic acids is 1. The van der Waals surface area contributed by atoms with Crippen molar-refractivity contribution in [2.75, 3.05) is 0 Å². The lowest BCUT2D eigenvalue weighted by Gasteiger charge is -2.15. The Balaban J connectivity index is 2.67. The van der Waals surface area contributed by atoms with Gasteiger partial charge in [0.05, 0.1) is 11.1 Å². The molecule has 0 saturated carbocycles. The Morgan fingerprint density at radius 3 is 2.05 bits per heavy atom. The van der Waals surface area contributed by atoms with E-state index in [-0.39, 0.29) is 11.1 Å². The van der Waals surface area contributed by atoms with E-state index < -0.39 is 17.7 Å². The first-order valence-electron chi connectivity index (χ1n) is 6.23. The van der Waals surface area contributed by atoms with Gasteiger partial charge >= 0.3 is 12.1 Å². The van der Waals surface area contributed by atoms with Gasteiger partial charge in [0.25, 0.3) is 0 Å². The van der Waals surface area contributed by atoms with Gasteiger partial charge in [0.2, 0.25) is 0 Å². The van der Waals surface area contributed by atoms with Crippen molar-refractivity contribution in [1.29, 1.82) is 0 Å². The molecule has 0 aliphatic carbocycles. The Morgan fingerprint density at radius 1 is 1.05 bits per heavy atom. The van der Waals surface area contributed by atoms with Crippen LogP contribution in [0.2, 0.25) is 0 Å². The van der Waals surface area contributed by atoms with Crippen LogP contribution in [0.3, 0.4) is 0 Å². The highest BCUT2D eigenvalue weighted by molar-refractivity contribution is 5.92. The van der Waals surface area contributed by atoms with Crippen LogP contribution in [-0.2, 0) is 6.18 Å². The summed E-state index contributed by atoms with van der Waals surface area (Å²) in [5.74, 6) is -1.08. The van der Waals surface area contributed by atoms with Crippen LogP contribution >= 0.6 is 0 Å². The lowest BCUT2D eigenvalue weighted by atomic mass is 9.93. The highest BCUT2D eigenvalue weighted by atomic mass is 19.4. The molecule has 0 bridgehead atoms. The Bertz CT molecular complexity index is 680. The van der Waals surface area contributed by atoms with E-state index in [4.69, 9.17) is 5.11 Å². The van der Waals surface area contributed by atoms with E-state index in [1.54, 1.807) is 13.8 Å². The van der Waals surface area contributed by atoms with E-state index in [1.165, 1.54) is 30.3 Å². The highest BCUT2D eigenvalue weighted by Crippen LogP contribution is 2.37. The number of benzene rings is 2. The quantitative estimate of drug-likeness (QED) is 0.872. The average Bonchev–Trinajstić information content (AvgIpc) is 2.36. The zero-order chi connectivity index (χ0) is 15.8. The molecule has 0 unspecified atom stereocenters. The molecule has 0 aliphatic heterocycles. The molecule has 0 spiro atoms. The van der Waals surface area contributed by atoms with Gasteiger partial charge in [-0.15, -0.1) is 0 Å². The summed E-state index contributed by atoms with van der Waals surface area (Å²) in [6.07, 6.45) is -4.45. The third-order valence-electron chi connectivity index (χ3n) is 3.29. The Kier molecular flexibility index (Phi) is 3.77. The lowest BCUT2D eigenvalue weighted by molar-refractivity contribution is -0.137. The van der Waals surface area contributed by atoms with Gasteiger partial charge in [-0.3, -0.25) is 0 Å². The minimum absolute atomic E-state index is 0.0492. The summed E-state index contributed by atoms with van der Waals surface area (Å²) in [4.78, 5) is 11.1. The molecular weight excluding hydrogens is 281 g/mol. The van der Waals surface area contributed by atoms with Crippen molar-refractivity contribution in [3.8, 4) is 11.1 Å². The first kappa shape index (κ1) is 15.1. The number of aryl methyl sites for hydroxylation is 2.